The lowest BCUT2D eigenvalue weighted by molar-refractivity contribution is 0.0650. The van der Waals surface area contributed by atoms with E-state index in [1.807, 2.05) is 29.1 Å². The Bertz CT molecular complexity index is 929. The molecule has 1 aliphatic rings. The fourth-order valence-electron chi connectivity index (χ4n) is 3.00. The number of aryl methyl sites for hydroxylation is 1. The molecule has 5 nitrogen and oxygen atoms in total. The van der Waals surface area contributed by atoms with Crippen LogP contribution in [0.2, 0.25) is 0 Å². The minimum Gasteiger partial charge on any atom is -0.274 e. The zero-order valence-corrected chi connectivity index (χ0v) is 14.4. The quantitative estimate of drug-likeness (QED) is 0.648. The van der Waals surface area contributed by atoms with Gasteiger partial charge in [-0.2, -0.15) is 5.10 Å². The molecule has 3 aromatic rings. The van der Waals surface area contributed by atoms with Crippen LogP contribution in [0.1, 0.15) is 27.1 Å². The number of halogens is 1. The van der Waals surface area contributed by atoms with E-state index in [2.05, 4.69) is 21.0 Å². The highest BCUT2D eigenvalue weighted by molar-refractivity contribution is 9.10. The minimum atomic E-state index is -0.205. The van der Waals surface area contributed by atoms with Gasteiger partial charge in [-0.1, -0.05) is 34.1 Å². The van der Waals surface area contributed by atoms with Gasteiger partial charge in [-0.25, -0.2) is 0 Å². The zero-order chi connectivity index (χ0) is 16.7. The second-order valence-electron chi connectivity index (χ2n) is 5.73. The van der Waals surface area contributed by atoms with Crippen LogP contribution in [-0.4, -0.2) is 33.0 Å². The normalized spacial score (nSPS) is 13.8. The molecule has 0 saturated carbocycles. The minimum absolute atomic E-state index is 0.205. The number of carbonyl (C=O) groups excluding carboxylic acids is 2. The summed E-state index contributed by atoms with van der Waals surface area (Å²) >= 11 is 3.51. The first-order valence-electron chi connectivity index (χ1n) is 7.72. The Hall–Kier alpha value is -2.47. The summed E-state index contributed by atoms with van der Waals surface area (Å²) in [5.41, 5.74) is 1.91. The molecule has 0 fully saturated rings. The molecule has 2 heterocycles. The van der Waals surface area contributed by atoms with Gasteiger partial charge in [0.1, 0.15) is 0 Å². The molecule has 0 unspecified atom stereocenters. The number of rotatable bonds is 4. The topological polar surface area (TPSA) is 55.2 Å². The van der Waals surface area contributed by atoms with Crippen LogP contribution < -0.4 is 0 Å². The number of aromatic nitrogens is 2. The summed E-state index contributed by atoms with van der Waals surface area (Å²) in [6.45, 7) is 1.04. The first-order chi connectivity index (χ1) is 11.6. The Morgan fingerprint density at radius 3 is 2.29 bits per heavy atom. The molecule has 1 aromatic heterocycles. The van der Waals surface area contributed by atoms with Crippen molar-refractivity contribution in [3.63, 3.8) is 0 Å². The van der Waals surface area contributed by atoms with Crippen LogP contribution in [0.5, 0.6) is 0 Å². The first-order valence-corrected chi connectivity index (χ1v) is 8.51. The molecule has 120 valence electrons. The maximum Gasteiger partial charge on any atom is 0.261 e. The van der Waals surface area contributed by atoms with Crippen LogP contribution in [-0.2, 0) is 6.54 Å². The predicted molar refractivity (Wildman–Crippen MR) is 93.9 cm³/mol. The van der Waals surface area contributed by atoms with E-state index in [0.29, 0.717) is 30.6 Å². The summed E-state index contributed by atoms with van der Waals surface area (Å²) in [4.78, 5) is 25.9. The molecule has 0 atom stereocenters. The van der Waals surface area contributed by atoms with Gasteiger partial charge in [0.2, 0.25) is 0 Å². The largest absolute Gasteiger partial charge is 0.274 e. The van der Waals surface area contributed by atoms with E-state index >= 15 is 0 Å². The van der Waals surface area contributed by atoms with E-state index in [9.17, 15) is 9.59 Å². The van der Waals surface area contributed by atoms with Crippen molar-refractivity contribution in [2.75, 3.05) is 6.54 Å². The van der Waals surface area contributed by atoms with Crippen LogP contribution >= 0.6 is 15.9 Å². The SMILES string of the molecule is O=C1c2ccccc2C(=O)N1CCCn1cc2c(Br)cccc2n1. The van der Waals surface area contributed by atoms with Gasteiger partial charge in [-0.05, 0) is 30.7 Å². The van der Waals surface area contributed by atoms with Crippen molar-refractivity contribution in [2.24, 2.45) is 0 Å². The molecule has 6 heteroatoms. The number of amides is 2. The highest BCUT2D eigenvalue weighted by Crippen LogP contribution is 2.24. The Balaban J connectivity index is 1.45. The number of fused-ring (bicyclic) bond motifs is 2. The van der Waals surface area contributed by atoms with Gasteiger partial charge < -0.3 is 0 Å². The zero-order valence-electron chi connectivity index (χ0n) is 12.8. The molecule has 24 heavy (non-hydrogen) atoms. The second kappa shape index (κ2) is 5.87. The van der Waals surface area contributed by atoms with Crippen LogP contribution in [0.15, 0.2) is 53.1 Å². The summed E-state index contributed by atoms with van der Waals surface area (Å²) in [6.07, 6.45) is 2.64. The van der Waals surface area contributed by atoms with Crippen molar-refractivity contribution in [3.05, 3.63) is 64.3 Å². The van der Waals surface area contributed by atoms with E-state index in [0.717, 1.165) is 15.4 Å². The Labute approximate surface area is 147 Å². The van der Waals surface area contributed by atoms with Crippen LogP contribution in [0.25, 0.3) is 10.9 Å². The molecule has 0 spiro atoms. The van der Waals surface area contributed by atoms with Crippen LogP contribution in [0.3, 0.4) is 0 Å². The Kier molecular flexibility index (Phi) is 3.69. The summed E-state index contributed by atoms with van der Waals surface area (Å²) in [5, 5.41) is 5.57. The van der Waals surface area contributed by atoms with Crippen molar-refractivity contribution in [2.45, 2.75) is 13.0 Å². The van der Waals surface area contributed by atoms with Crippen LogP contribution in [0, 0.1) is 0 Å². The third kappa shape index (κ3) is 2.43. The van der Waals surface area contributed by atoms with Gasteiger partial charge in [-0.15, -0.1) is 0 Å². The summed E-state index contributed by atoms with van der Waals surface area (Å²) < 4.78 is 2.86. The molecule has 2 aromatic carbocycles. The molecular weight excluding hydrogens is 370 g/mol. The molecular formula is C18H14BrN3O2. The average molecular weight is 384 g/mol. The van der Waals surface area contributed by atoms with Crippen molar-refractivity contribution < 1.29 is 9.59 Å². The number of hydrogen-bond acceptors (Lipinski definition) is 3. The second-order valence-corrected chi connectivity index (χ2v) is 6.58. The predicted octanol–water partition coefficient (Wildman–Crippen LogP) is 3.49. The van der Waals surface area contributed by atoms with Gasteiger partial charge in [0.05, 0.1) is 16.6 Å². The molecule has 0 radical (unpaired) electrons. The number of benzene rings is 2. The van der Waals surface area contributed by atoms with E-state index in [1.54, 1.807) is 24.3 Å². The van der Waals surface area contributed by atoms with Gasteiger partial charge >= 0.3 is 0 Å². The summed E-state index contributed by atoms with van der Waals surface area (Å²) in [7, 11) is 0. The lowest BCUT2D eigenvalue weighted by Gasteiger charge is -2.13. The average Bonchev–Trinajstić information content (AvgIpc) is 3.11. The lowest BCUT2D eigenvalue weighted by Crippen LogP contribution is -2.31. The Morgan fingerprint density at radius 2 is 1.62 bits per heavy atom. The first kappa shape index (κ1) is 15.1. The van der Waals surface area contributed by atoms with Crippen molar-refractivity contribution >= 4 is 38.6 Å². The summed E-state index contributed by atoms with van der Waals surface area (Å²) in [5.74, 6) is -0.409. The van der Waals surface area contributed by atoms with E-state index in [-0.39, 0.29) is 11.8 Å². The van der Waals surface area contributed by atoms with Crippen molar-refractivity contribution in [1.29, 1.82) is 0 Å². The number of imide groups is 1. The number of carbonyl (C=O) groups is 2. The van der Waals surface area contributed by atoms with Gasteiger partial charge in [0.15, 0.2) is 0 Å². The fraction of sp³-hybridized carbons (Fsp3) is 0.167. The lowest BCUT2D eigenvalue weighted by atomic mass is 10.1. The Morgan fingerprint density at radius 1 is 0.917 bits per heavy atom. The standard InChI is InChI=1S/C18H14BrN3O2/c19-15-7-3-8-16-14(15)11-21(20-16)9-4-10-22-17(23)12-5-1-2-6-13(12)18(22)24/h1-3,5-8,11H,4,9-10H2. The number of hydrogen-bond donors (Lipinski definition) is 0. The van der Waals surface area contributed by atoms with Gasteiger partial charge in [0.25, 0.3) is 11.8 Å². The van der Waals surface area contributed by atoms with Crippen molar-refractivity contribution in [1.82, 2.24) is 14.7 Å². The third-order valence-electron chi connectivity index (χ3n) is 4.19. The van der Waals surface area contributed by atoms with Gasteiger partial charge in [-0.3, -0.25) is 19.2 Å². The van der Waals surface area contributed by atoms with E-state index < -0.39 is 0 Å². The van der Waals surface area contributed by atoms with Crippen LogP contribution in [0.4, 0.5) is 0 Å². The molecule has 0 N–H and O–H groups in total. The maximum absolute atomic E-state index is 12.3. The molecule has 0 aliphatic carbocycles. The monoisotopic (exact) mass is 383 g/mol. The highest BCUT2D eigenvalue weighted by Gasteiger charge is 2.34. The number of nitrogens with zero attached hydrogens (tertiary/aromatic N) is 3. The maximum atomic E-state index is 12.3. The molecule has 1 aliphatic heterocycles. The van der Waals surface area contributed by atoms with E-state index in [4.69, 9.17) is 0 Å². The molecule has 4 rings (SSSR count). The third-order valence-corrected chi connectivity index (χ3v) is 4.88. The smallest absolute Gasteiger partial charge is 0.261 e. The summed E-state index contributed by atoms with van der Waals surface area (Å²) in [6, 6.07) is 12.8. The van der Waals surface area contributed by atoms with Crippen molar-refractivity contribution in [3.8, 4) is 0 Å². The highest BCUT2D eigenvalue weighted by atomic mass is 79.9. The molecule has 2 amide bonds. The molecule has 0 bridgehead atoms. The fourth-order valence-corrected chi connectivity index (χ4v) is 3.46. The van der Waals surface area contributed by atoms with Gasteiger partial charge in [0, 0.05) is 29.1 Å². The molecule has 0 saturated heterocycles. The van der Waals surface area contributed by atoms with E-state index in [1.165, 1.54) is 4.90 Å².